The van der Waals surface area contributed by atoms with Crippen LogP contribution in [0.4, 0.5) is 14.5 Å². The maximum absolute atomic E-state index is 11.9. The Morgan fingerprint density at radius 3 is 1.47 bits per heavy atom. The summed E-state index contributed by atoms with van der Waals surface area (Å²) in [7, 11) is -3.58. The Kier molecular flexibility index (Phi) is 4.96. The van der Waals surface area contributed by atoms with E-state index in [9.17, 15) is 17.2 Å². The van der Waals surface area contributed by atoms with Gasteiger partial charge in [0.1, 0.15) is 11.6 Å². The fourth-order valence-corrected chi connectivity index (χ4v) is 1.60. The molecule has 0 aromatic heterocycles. The lowest BCUT2D eigenvalue weighted by Crippen LogP contribution is -2.11. The molecule has 0 radical (unpaired) electrons. The molecule has 0 unspecified atom stereocenters. The molecule has 102 valence electrons. The molecule has 19 heavy (non-hydrogen) atoms. The molecule has 0 fully saturated rings. The van der Waals surface area contributed by atoms with E-state index in [-0.39, 0.29) is 4.90 Å². The van der Waals surface area contributed by atoms with Crippen LogP contribution in [0, 0.1) is 11.6 Å². The van der Waals surface area contributed by atoms with Gasteiger partial charge in [0.2, 0.25) is 10.0 Å². The molecule has 4 N–H and O–H groups in total. The number of anilines is 1. The van der Waals surface area contributed by atoms with E-state index < -0.39 is 21.7 Å². The molecule has 2 rings (SSSR count). The zero-order chi connectivity index (χ0) is 14.5. The molecule has 0 atom stereocenters. The maximum Gasteiger partial charge on any atom is 0.238 e. The summed E-state index contributed by atoms with van der Waals surface area (Å²) in [5, 5.41) is 4.84. The van der Waals surface area contributed by atoms with Crippen LogP contribution in [0.1, 0.15) is 0 Å². The van der Waals surface area contributed by atoms with Gasteiger partial charge in [0, 0.05) is 5.69 Å². The summed E-state index contributed by atoms with van der Waals surface area (Å²) in [6, 6.07) is 10.0. The monoisotopic (exact) mass is 286 g/mol. The third kappa shape index (κ3) is 5.45. The van der Waals surface area contributed by atoms with Crippen LogP contribution < -0.4 is 10.9 Å². The molecule has 0 amide bonds. The normalized spacial score (nSPS) is 10.5. The first kappa shape index (κ1) is 15.1. The van der Waals surface area contributed by atoms with Gasteiger partial charge in [-0.3, -0.25) is 0 Å². The van der Waals surface area contributed by atoms with Crippen molar-refractivity contribution in [3.8, 4) is 0 Å². The number of benzene rings is 2. The predicted octanol–water partition coefficient (Wildman–Crippen LogP) is 1.88. The third-order valence-corrected chi connectivity index (χ3v) is 2.94. The predicted molar refractivity (Wildman–Crippen MR) is 68.6 cm³/mol. The Morgan fingerprint density at radius 1 is 0.789 bits per heavy atom. The Balaban J connectivity index is 0.000000200. The Morgan fingerprint density at radius 2 is 1.16 bits per heavy atom. The van der Waals surface area contributed by atoms with Gasteiger partial charge < -0.3 is 5.73 Å². The molecule has 2 aromatic carbocycles. The van der Waals surface area contributed by atoms with Gasteiger partial charge in [0.15, 0.2) is 0 Å². The highest BCUT2D eigenvalue weighted by Crippen LogP contribution is 2.08. The summed E-state index contributed by atoms with van der Waals surface area (Å²) < 4.78 is 45.2. The minimum atomic E-state index is -3.58. The SMILES string of the molecule is Fc1ccc(F)cc1.Nc1ccc(S(N)(=O)=O)cc1. The van der Waals surface area contributed by atoms with E-state index in [1.54, 1.807) is 0 Å². The Hall–Kier alpha value is -1.99. The first-order valence-corrected chi connectivity index (χ1v) is 6.63. The van der Waals surface area contributed by atoms with Gasteiger partial charge in [-0.15, -0.1) is 0 Å². The molecular formula is C12H12F2N2O2S. The average Bonchev–Trinajstić information content (AvgIpc) is 2.33. The Bertz CT molecular complexity index is 605. The third-order valence-electron chi connectivity index (χ3n) is 2.01. The van der Waals surface area contributed by atoms with Crippen molar-refractivity contribution in [3.05, 3.63) is 60.2 Å². The van der Waals surface area contributed by atoms with Crippen LogP contribution >= 0.6 is 0 Å². The zero-order valence-electron chi connectivity index (χ0n) is 9.75. The van der Waals surface area contributed by atoms with Crippen molar-refractivity contribution >= 4 is 15.7 Å². The molecule has 7 heteroatoms. The lowest BCUT2D eigenvalue weighted by molar-refractivity contribution is 0.598. The van der Waals surface area contributed by atoms with Crippen molar-refractivity contribution in [2.45, 2.75) is 4.90 Å². The zero-order valence-corrected chi connectivity index (χ0v) is 10.6. The van der Waals surface area contributed by atoms with Crippen molar-refractivity contribution in [1.82, 2.24) is 0 Å². The summed E-state index contributed by atoms with van der Waals surface area (Å²) in [6.45, 7) is 0. The maximum atomic E-state index is 11.9. The van der Waals surface area contributed by atoms with Crippen LogP contribution in [0.15, 0.2) is 53.4 Å². The van der Waals surface area contributed by atoms with E-state index in [2.05, 4.69) is 0 Å². The van der Waals surface area contributed by atoms with Gasteiger partial charge in [0.25, 0.3) is 0 Å². The van der Waals surface area contributed by atoms with Gasteiger partial charge >= 0.3 is 0 Å². The Labute approximate surface area is 109 Å². The number of hydrogen-bond donors (Lipinski definition) is 2. The minimum absolute atomic E-state index is 0.0756. The lowest BCUT2D eigenvalue weighted by Gasteiger charge is -1.96. The van der Waals surface area contributed by atoms with E-state index in [1.165, 1.54) is 24.3 Å². The lowest BCUT2D eigenvalue weighted by atomic mass is 10.3. The smallest absolute Gasteiger partial charge is 0.238 e. The number of hydrogen-bond acceptors (Lipinski definition) is 3. The second-order valence-corrected chi connectivity index (χ2v) is 5.11. The fraction of sp³-hybridized carbons (Fsp3) is 0. The summed E-state index contributed by atoms with van der Waals surface area (Å²) >= 11 is 0. The number of nitrogens with two attached hydrogens (primary N) is 2. The summed E-state index contributed by atoms with van der Waals surface area (Å²) in [5.41, 5.74) is 5.85. The largest absolute Gasteiger partial charge is 0.399 e. The van der Waals surface area contributed by atoms with Crippen molar-refractivity contribution in [2.75, 3.05) is 5.73 Å². The number of primary sulfonamides is 1. The number of sulfonamides is 1. The van der Waals surface area contributed by atoms with Gasteiger partial charge in [-0.05, 0) is 48.5 Å². The number of halogens is 2. The summed E-state index contributed by atoms with van der Waals surface area (Å²) in [6.07, 6.45) is 0. The molecule has 2 aromatic rings. The van der Waals surface area contributed by atoms with Crippen molar-refractivity contribution < 1.29 is 17.2 Å². The molecule has 0 heterocycles. The van der Waals surface area contributed by atoms with Crippen molar-refractivity contribution in [1.29, 1.82) is 0 Å². The second kappa shape index (κ2) is 6.26. The molecule has 0 aliphatic carbocycles. The molecule has 0 aliphatic rings. The standard InChI is InChI=1S/C6H4F2.C6H8N2O2S/c7-5-1-2-6(8)4-3-5;7-5-1-3-6(4-2-5)11(8,9)10/h1-4H;1-4H,7H2,(H2,8,9,10). The molecular weight excluding hydrogens is 274 g/mol. The van der Waals surface area contributed by atoms with Crippen LogP contribution in [-0.2, 0) is 10.0 Å². The van der Waals surface area contributed by atoms with Crippen LogP contribution in [0.3, 0.4) is 0 Å². The molecule has 0 aliphatic heterocycles. The van der Waals surface area contributed by atoms with E-state index in [1.807, 2.05) is 0 Å². The molecule has 0 saturated heterocycles. The van der Waals surface area contributed by atoms with Crippen molar-refractivity contribution in [2.24, 2.45) is 5.14 Å². The molecule has 0 bridgehead atoms. The topological polar surface area (TPSA) is 86.2 Å². The first-order chi connectivity index (χ1) is 8.79. The summed E-state index contributed by atoms with van der Waals surface area (Å²) in [4.78, 5) is 0.0756. The highest BCUT2D eigenvalue weighted by molar-refractivity contribution is 7.89. The average molecular weight is 286 g/mol. The highest BCUT2D eigenvalue weighted by atomic mass is 32.2. The molecule has 0 saturated carbocycles. The van der Waals surface area contributed by atoms with E-state index in [0.29, 0.717) is 5.69 Å². The molecule has 4 nitrogen and oxygen atoms in total. The minimum Gasteiger partial charge on any atom is -0.399 e. The van der Waals surface area contributed by atoms with Crippen molar-refractivity contribution in [3.63, 3.8) is 0 Å². The van der Waals surface area contributed by atoms with Gasteiger partial charge in [0.05, 0.1) is 4.90 Å². The quantitative estimate of drug-likeness (QED) is 0.785. The summed E-state index contributed by atoms with van der Waals surface area (Å²) in [5.74, 6) is -0.821. The van der Waals surface area contributed by atoms with E-state index in [0.717, 1.165) is 24.3 Å². The highest BCUT2D eigenvalue weighted by Gasteiger charge is 2.04. The molecule has 0 spiro atoms. The van der Waals surface area contributed by atoms with Crippen LogP contribution in [0.25, 0.3) is 0 Å². The van der Waals surface area contributed by atoms with Crippen LogP contribution in [0.5, 0.6) is 0 Å². The number of nitrogen functional groups attached to an aromatic ring is 1. The van der Waals surface area contributed by atoms with E-state index >= 15 is 0 Å². The second-order valence-electron chi connectivity index (χ2n) is 3.55. The first-order valence-electron chi connectivity index (χ1n) is 5.08. The van der Waals surface area contributed by atoms with Crippen LogP contribution in [0.2, 0.25) is 0 Å². The van der Waals surface area contributed by atoms with E-state index in [4.69, 9.17) is 10.9 Å². The van der Waals surface area contributed by atoms with Crippen LogP contribution in [-0.4, -0.2) is 8.42 Å². The van der Waals surface area contributed by atoms with Gasteiger partial charge in [-0.1, -0.05) is 0 Å². The fourth-order valence-electron chi connectivity index (χ4n) is 1.09. The van der Waals surface area contributed by atoms with Gasteiger partial charge in [-0.25, -0.2) is 22.3 Å². The number of rotatable bonds is 1. The van der Waals surface area contributed by atoms with Gasteiger partial charge in [-0.2, -0.15) is 0 Å².